The molecule has 0 radical (unpaired) electrons. The van der Waals surface area contributed by atoms with Crippen LogP contribution in [-0.4, -0.2) is 46.3 Å². The SMILES string of the molecule is C=CC(=O)N1CCCC(CNc2c(C(N)=O)cnc3[nH]c(-c4ccccc4)cc23)C1. The van der Waals surface area contributed by atoms with Crippen molar-refractivity contribution in [3.8, 4) is 11.3 Å². The summed E-state index contributed by atoms with van der Waals surface area (Å²) in [6.07, 6.45) is 4.82. The maximum Gasteiger partial charge on any atom is 0.252 e. The average Bonchev–Trinajstić information content (AvgIpc) is 3.22. The van der Waals surface area contributed by atoms with E-state index in [9.17, 15) is 9.59 Å². The molecule has 1 aliphatic rings. The molecular formula is C23H25N5O2. The van der Waals surface area contributed by atoms with Crippen molar-refractivity contribution < 1.29 is 9.59 Å². The second kappa shape index (κ2) is 8.41. The first kappa shape index (κ1) is 19.7. The molecule has 1 saturated heterocycles. The van der Waals surface area contributed by atoms with E-state index >= 15 is 0 Å². The number of primary amides is 1. The van der Waals surface area contributed by atoms with E-state index in [1.165, 1.54) is 12.3 Å². The molecule has 1 aromatic carbocycles. The summed E-state index contributed by atoms with van der Waals surface area (Å²) >= 11 is 0. The fraction of sp³-hybridized carbons (Fsp3) is 0.261. The molecule has 4 N–H and O–H groups in total. The van der Waals surface area contributed by atoms with Gasteiger partial charge in [-0.15, -0.1) is 0 Å². The van der Waals surface area contributed by atoms with E-state index in [1.54, 1.807) is 0 Å². The summed E-state index contributed by atoms with van der Waals surface area (Å²) in [5, 5.41) is 4.24. The summed E-state index contributed by atoms with van der Waals surface area (Å²) in [4.78, 5) is 33.5. The number of likely N-dealkylation sites (tertiary alicyclic amines) is 1. The average molecular weight is 403 g/mol. The molecule has 154 valence electrons. The smallest absolute Gasteiger partial charge is 0.252 e. The Kier molecular flexibility index (Phi) is 5.52. The number of anilines is 1. The number of aromatic amines is 1. The third-order valence-corrected chi connectivity index (χ3v) is 5.58. The van der Waals surface area contributed by atoms with Gasteiger partial charge in [0.2, 0.25) is 5.91 Å². The maximum absolute atomic E-state index is 12.0. The van der Waals surface area contributed by atoms with Crippen molar-refractivity contribution in [2.24, 2.45) is 11.7 Å². The molecule has 7 nitrogen and oxygen atoms in total. The number of benzene rings is 1. The molecule has 1 aliphatic heterocycles. The molecule has 1 fully saturated rings. The number of nitrogens with one attached hydrogen (secondary N) is 2. The highest BCUT2D eigenvalue weighted by Crippen LogP contribution is 2.31. The van der Waals surface area contributed by atoms with Gasteiger partial charge in [-0.25, -0.2) is 4.98 Å². The van der Waals surface area contributed by atoms with Crippen LogP contribution in [-0.2, 0) is 4.79 Å². The molecule has 3 aromatic rings. The summed E-state index contributed by atoms with van der Waals surface area (Å²) in [7, 11) is 0. The maximum atomic E-state index is 12.0. The predicted molar refractivity (Wildman–Crippen MR) is 118 cm³/mol. The van der Waals surface area contributed by atoms with Crippen molar-refractivity contribution in [3.63, 3.8) is 0 Å². The number of nitrogens with two attached hydrogens (primary N) is 1. The summed E-state index contributed by atoms with van der Waals surface area (Å²) < 4.78 is 0. The van der Waals surface area contributed by atoms with Gasteiger partial charge in [-0.2, -0.15) is 0 Å². The first-order chi connectivity index (χ1) is 14.6. The zero-order chi connectivity index (χ0) is 21.1. The minimum Gasteiger partial charge on any atom is -0.383 e. The molecule has 1 unspecified atom stereocenters. The minimum atomic E-state index is -0.526. The molecule has 0 saturated carbocycles. The van der Waals surface area contributed by atoms with Crippen LogP contribution < -0.4 is 11.1 Å². The number of aromatic nitrogens is 2. The molecule has 3 heterocycles. The number of H-pyrrole nitrogens is 1. The Morgan fingerprint density at radius 2 is 2.13 bits per heavy atom. The van der Waals surface area contributed by atoms with Crippen LogP contribution >= 0.6 is 0 Å². The van der Waals surface area contributed by atoms with E-state index in [1.807, 2.05) is 41.3 Å². The lowest BCUT2D eigenvalue weighted by atomic mass is 9.97. The van der Waals surface area contributed by atoms with Gasteiger partial charge >= 0.3 is 0 Å². The van der Waals surface area contributed by atoms with Gasteiger partial charge in [0.05, 0.1) is 11.3 Å². The fourth-order valence-corrected chi connectivity index (χ4v) is 4.03. The van der Waals surface area contributed by atoms with E-state index in [0.29, 0.717) is 30.0 Å². The van der Waals surface area contributed by atoms with Crippen molar-refractivity contribution in [1.82, 2.24) is 14.9 Å². The number of piperidine rings is 1. The highest BCUT2D eigenvalue weighted by Gasteiger charge is 2.23. The van der Waals surface area contributed by atoms with E-state index < -0.39 is 5.91 Å². The normalized spacial score (nSPS) is 16.4. The lowest BCUT2D eigenvalue weighted by molar-refractivity contribution is -0.127. The highest BCUT2D eigenvalue weighted by molar-refractivity contribution is 6.06. The van der Waals surface area contributed by atoms with Gasteiger partial charge in [-0.05, 0) is 36.5 Å². The summed E-state index contributed by atoms with van der Waals surface area (Å²) in [5.41, 5.74) is 9.30. The predicted octanol–water partition coefficient (Wildman–Crippen LogP) is 3.17. The van der Waals surface area contributed by atoms with Crippen molar-refractivity contribution >= 4 is 28.5 Å². The summed E-state index contributed by atoms with van der Waals surface area (Å²) in [5.74, 6) is -0.289. The summed E-state index contributed by atoms with van der Waals surface area (Å²) in [6, 6.07) is 11.9. The number of pyridine rings is 1. The Hall–Kier alpha value is -3.61. The Morgan fingerprint density at radius 1 is 1.33 bits per heavy atom. The van der Waals surface area contributed by atoms with Crippen LogP contribution in [0.5, 0.6) is 0 Å². The third-order valence-electron chi connectivity index (χ3n) is 5.58. The third kappa shape index (κ3) is 3.91. The number of hydrogen-bond donors (Lipinski definition) is 3. The number of carbonyl (C=O) groups is 2. The van der Waals surface area contributed by atoms with E-state index in [-0.39, 0.29) is 11.8 Å². The lowest BCUT2D eigenvalue weighted by Gasteiger charge is -2.32. The molecule has 4 rings (SSSR count). The van der Waals surface area contributed by atoms with Crippen LogP contribution in [0.15, 0.2) is 55.3 Å². The van der Waals surface area contributed by atoms with Crippen molar-refractivity contribution in [2.45, 2.75) is 12.8 Å². The van der Waals surface area contributed by atoms with Gasteiger partial charge in [0, 0.05) is 36.9 Å². The fourth-order valence-electron chi connectivity index (χ4n) is 4.03. The first-order valence-corrected chi connectivity index (χ1v) is 10.1. The molecule has 0 spiro atoms. The molecule has 2 amide bonds. The number of rotatable bonds is 6. The second-order valence-electron chi connectivity index (χ2n) is 7.60. The molecule has 2 aromatic heterocycles. The molecular weight excluding hydrogens is 378 g/mol. The van der Waals surface area contributed by atoms with Crippen LogP contribution in [0.3, 0.4) is 0 Å². The van der Waals surface area contributed by atoms with E-state index in [2.05, 4.69) is 21.9 Å². The second-order valence-corrected chi connectivity index (χ2v) is 7.60. The molecule has 7 heteroatoms. The molecule has 1 atom stereocenters. The van der Waals surface area contributed by atoms with E-state index in [0.717, 1.165) is 36.0 Å². The Bertz CT molecular complexity index is 1090. The number of carbonyl (C=O) groups excluding carboxylic acids is 2. The van der Waals surface area contributed by atoms with Gasteiger partial charge in [0.25, 0.3) is 5.91 Å². The van der Waals surface area contributed by atoms with Gasteiger partial charge < -0.3 is 20.9 Å². The number of amides is 2. The summed E-state index contributed by atoms with van der Waals surface area (Å²) in [6.45, 7) is 5.63. The highest BCUT2D eigenvalue weighted by atomic mass is 16.2. The number of nitrogens with zero attached hydrogens (tertiary/aromatic N) is 2. The molecule has 30 heavy (non-hydrogen) atoms. The quantitative estimate of drug-likeness (QED) is 0.550. The van der Waals surface area contributed by atoms with Gasteiger partial charge in [0.15, 0.2) is 0 Å². The largest absolute Gasteiger partial charge is 0.383 e. The van der Waals surface area contributed by atoms with Crippen molar-refractivity contribution in [3.05, 3.63) is 60.8 Å². The standard InChI is InChI=1S/C23H25N5O2/c1-2-20(29)28-10-6-7-15(14-28)12-25-21-17-11-19(16-8-4-3-5-9-16)27-23(17)26-13-18(21)22(24)30/h2-5,8-9,11,13,15H,1,6-7,10,12,14H2,(H2,24,30)(H2,25,26,27). The van der Waals surface area contributed by atoms with Crippen LogP contribution in [0.4, 0.5) is 5.69 Å². The van der Waals surface area contributed by atoms with Gasteiger partial charge in [0.1, 0.15) is 5.65 Å². The molecule has 0 aliphatic carbocycles. The monoisotopic (exact) mass is 403 g/mol. The topological polar surface area (TPSA) is 104 Å². The van der Waals surface area contributed by atoms with Gasteiger partial charge in [-0.3, -0.25) is 9.59 Å². The van der Waals surface area contributed by atoms with Crippen LogP contribution in [0, 0.1) is 5.92 Å². The van der Waals surface area contributed by atoms with E-state index in [4.69, 9.17) is 5.73 Å². The van der Waals surface area contributed by atoms with Crippen LogP contribution in [0.1, 0.15) is 23.2 Å². The van der Waals surface area contributed by atoms with Crippen LogP contribution in [0.25, 0.3) is 22.3 Å². The van der Waals surface area contributed by atoms with Crippen molar-refractivity contribution in [1.29, 1.82) is 0 Å². The Balaban J connectivity index is 1.62. The van der Waals surface area contributed by atoms with Crippen LogP contribution in [0.2, 0.25) is 0 Å². The zero-order valence-corrected chi connectivity index (χ0v) is 16.7. The van der Waals surface area contributed by atoms with Gasteiger partial charge in [-0.1, -0.05) is 36.9 Å². The van der Waals surface area contributed by atoms with Crippen molar-refractivity contribution in [2.75, 3.05) is 25.0 Å². The Labute approximate surface area is 175 Å². The zero-order valence-electron chi connectivity index (χ0n) is 16.7. The Morgan fingerprint density at radius 3 is 2.87 bits per heavy atom. The molecule has 0 bridgehead atoms. The number of hydrogen-bond acceptors (Lipinski definition) is 4. The first-order valence-electron chi connectivity index (χ1n) is 10.1. The lowest BCUT2D eigenvalue weighted by Crippen LogP contribution is -2.41. The minimum absolute atomic E-state index is 0.0398. The number of fused-ring (bicyclic) bond motifs is 1.